The van der Waals surface area contributed by atoms with Gasteiger partial charge in [0.05, 0.1) is 21.5 Å². The van der Waals surface area contributed by atoms with E-state index >= 15 is 0 Å². The molecule has 1 aliphatic heterocycles. The standard InChI is InChI=1S/C23H23FN4O6/c1-2-27-18-12-19(26-9-7-25-8-10-26)17(24)11-16(18)21(29)22(30)20(27)23(31)34-13-14-3-5-15(6-4-14)28(32)33/h3-6,11-12,25,30H,2,7-10,13H2,1H3. The Morgan fingerprint density at radius 3 is 2.53 bits per heavy atom. The topological polar surface area (TPSA) is 127 Å². The third-order valence-electron chi connectivity index (χ3n) is 5.79. The van der Waals surface area contributed by atoms with Crippen molar-refractivity contribution in [3.8, 4) is 5.75 Å². The van der Waals surface area contributed by atoms with Crippen LogP contribution in [-0.2, 0) is 17.9 Å². The van der Waals surface area contributed by atoms with E-state index in [1.165, 1.54) is 34.9 Å². The van der Waals surface area contributed by atoms with E-state index in [1.54, 1.807) is 6.92 Å². The minimum absolute atomic E-state index is 0.0392. The Bertz CT molecular complexity index is 1320. The highest BCUT2D eigenvalue weighted by molar-refractivity contribution is 5.96. The highest BCUT2D eigenvalue weighted by Crippen LogP contribution is 2.29. The van der Waals surface area contributed by atoms with Gasteiger partial charge in [-0.1, -0.05) is 0 Å². The Labute approximate surface area is 193 Å². The van der Waals surface area contributed by atoms with Crippen LogP contribution in [0.3, 0.4) is 0 Å². The number of pyridine rings is 1. The number of benzene rings is 2. The molecular weight excluding hydrogens is 447 g/mol. The molecule has 0 saturated carbocycles. The number of nitro benzene ring substituents is 1. The number of carbonyl (C=O) groups excluding carboxylic acids is 1. The number of ether oxygens (including phenoxy) is 1. The summed E-state index contributed by atoms with van der Waals surface area (Å²) in [6.07, 6.45) is 0. The molecule has 3 aromatic rings. The molecule has 0 bridgehead atoms. The second-order valence-corrected chi connectivity index (χ2v) is 7.83. The predicted octanol–water partition coefficient (Wildman–Crippen LogP) is 2.54. The minimum Gasteiger partial charge on any atom is -0.502 e. The summed E-state index contributed by atoms with van der Waals surface area (Å²) in [5.74, 6) is -2.34. The van der Waals surface area contributed by atoms with Gasteiger partial charge in [-0.05, 0) is 36.8 Å². The molecule has 1 saturated heterocycles. The van der Waals surface area contributed by atoms with Crippen molar-refractivity contribution in [2.75, 3.05) is 31.1 Å². The molecule has 0 aliphatic carbocycles. The van der Waals surface area contributed by atoms with Crippen molar-refractivity contribution in [1.82, 2.24) is 9.88 Å². The number of esters is 1. The molecule has 0 amide bonds. The van der Waals surface area contributed by atoms with Crippen LogP contribution in [0, 0.1) is 15.9 Å². The number of halogens is 1. The molecule has 2 N–H and O–H groups in total. The van der Waals surface area contributed by atoms with Crippen LogP contribution < -0.4 is 15.6 Å². The molecule has 0 atom stereocenters. The number of piperazine rings is 1. The number of hydrogen-bond acceptors (Lipinski definition) is 8. The molecule has 1 aliphatic rings. The molecule has 0 unspecified atom stereocenters. The first-order valence-corrected chi connectivity index (χ1v) is 10.8. The molecule has 1 fully saturated rings. The summed E-state index contributed by atoms with van der Waals surface area (Å²) in [6.45, 7) is 4.26. The van der Waals surface area contributed by atoms with Crippen LogP contribution >= 0.6 is 0 Å². The molecule has 0 spiro atoms. The molecule has 178 valence electrons. The number of hydrogen-bond donors (Lipinski definition) is 2. The van der Waals surface area contributed by atoms with E-state index in [2.05, 4.69) is 5.32 Å². The monoisotopic (exact) mass is 470 g/mol. The van der Waals surface area contributed by atoms with Gasteiger partial charge in [-0.25, -0.2) is 9.18 Å². The number of nitro groups is 1. The van der Waals surface area contributed by atoms with Gasteiger partial charge in [0.25, 0.3) is 5.69 Å². The van der Waals surface area contributed by atoms with Crippen LogP contribution in [-0.4, -0.2) is 46.7 Å². The Kier molecular flexibility index (Phi) is 6.46. The number of aromatic hydroxyl groups is 1. The maximum Gasteiger partial charge on any atom is 0.359 e. The molecule has 34 heavy (non-hydrogen) atoms. The van der Waals surface area contributed by atoms with Crippen LogP contribution in [0.1, 0.15) is 23.0 Å². The summed E-state index contributed by atoms with van der Waals surface area (Å²) >= 11 is 0. The zero-order valence-corrected chi connectivity index (χ0v) is 18.4. The first-order chi connectivity index (χ1) is 16.3. The minimum atomic E-state index is -0.940. The van der Waals surface area contributed by atoms with E-state index in [-0.39, 0.29) is 29.9 Å². The van der Waals surface area contributed by atoms with Crippen molar-refractivity contribution in [1.29, 1.82) is 0 Å². The number of aromatic nitrogens is 1. The van der Waals surface area contributed by atoms with Crippen LogP contribution in [0.4, 0.5) is 15.8 Å². The van der Waals surface area contributed by atoms with Crippen molar-refractivity contribution >= 4 is 28.2 Å². The third kappa shape index (κ3) is 4.29. The van der Waals surface area contributed by atoms with Crippen molar-refractivity contribution < 1.29 is 24.0 Å². The molecular formula is C23H23FN4O6. The van der Waals surface area contributed by atoms with E-state index in [0.29, 0.717) is 42.9 Å². The first kappa shape index (κ1) is 23.2. The number of aryl methyl sites for hydroxylation is 1. The van der Waals surface area contributed by atoms with Gasteiger partial charge < -0.3 is 24.6 Å². The number of rotatable bonds is 6. The van der Waals surface area contributed by atoms with Crippen molar-refractivity contribution in [3.05, 3.63) is 73.8 Å². The molecule has 10 nitrogen and oxygen atoms in total. The zero-order chi connectivity index (χ0) is 24.4. The lowest BCUT2D eigenvalue weighted by atomic mass is 10.1. The second-order valence-electron chi connectivity index (χ2n) is 7.83. The molecule has 2 aromatic carbocycles. The highest BCUT2D eigenvalue weighted by atomic mass is 19.1. The van der Waals surface area contributed by atoms with E-state index in [1.807, 2.05) is 4.90 Å². The van der Waals surface area contributed by atoms with Crippen LogP contribution in [0.25, 0.3) is 10.9 Å². The van der Waals surface area contributed by atoms with Gasteiger partial charge in [-0.3, -0.25) is 14.9 Å². The Balaban J connectivity index is 1.71. The first-order valence-electron chi connectivity index (χ1n) is 10.8. The Morgan fingerprint density at radius 2 is 1.91 bits per heavy atom. The van der Waals surface area contributed by atoms with Crippen molar-refractivity contribution in [3.63, 3.8) is 0 Å². The van der Waals surface area contributed by atoms with E-state index in [4.69, 9.17) is 4.74 Å². The number of carbonyl (C=O) groups is 1. The summed E-state index contributed by atoms with van der Waals surface area (Å²) in [6, 6.07) is 8.07. The smallest absolute Gasteiger partial charge is 0.359 e. The average molecular weight is 470 g/mol. The maximum absolute atomic E-state index is 14.9. The second kappa shape index (κ2) is 9.48. The number of nitrogens with one attached hydrogen (secondary N) is 1. The summed E-state index contributed by atoms with van der Waals surface area (Å²) in [4.78, 5) is 37.8. The zero-order valence-electron chi connectivity index (χ0n) is 18.4. The highest BCUT2D eigenvalue weighted by Gasteiger charge is 2.25. The molecule has 1 aromatic heterocycles. The van der Waals surface area contributed by atoms with Crippen LogP contribution in [0.2, 0.25) is 0 Å². The summed E-state index contributed by atoms with van der Waals surface area (Å²) < 4.78 is 21.6. The van der Waals surface area contributed by atoms with E-state index in [0.717, 1.165) is 6.07 Å². The number of anilines is 1. The number of non-ortho nitro benzene ring substituents is 1. The van der Waals surface area contributed by atoms with Crippen molar-refractivity contribution in [2.45, 2.75) is 20.1 Å². The normalized spacial score (nSPS) is 13.8. The number of nitrogens with zero attached hydrogens (tertiary/aromatic N) is 3. The van der Waals surface area contributed by atoms with E-state index < -0.39 is 27.9 Å². The Morgan fingerprint density at radius 1 is 1.24 bits per heavy atom. The Hall–Kier alpha value is -3.99. The molecule has 0 radical (unpaired) electrons. The quantitative estimate of drug-likeness (QED) is 0.320. The largest absolute Gasteiger partial charge is 0.502 e. The third-order valence-corrected chi connectivity index (χ3v) is 5.79. The SMILES string of the molecule is CCn1c(C(=O)OCc2ccc([N+](=O)[O-])cc2)c(O)c(=O)c2cc(F)c(N3CCNCC3)cc21. The fourth-order valence-corrected chi connectivity index (χ4v) is 4.05. The summed E-state index contributed by atoms with van der Waals surface area (Å²) in [5, 5.41) is 24.5. The summed E-state index contributed by atoms with van der Waals surface area (Å²) in [5.41, 5.74) is -0.191. The lowest BCUT2D eigenvalue weighted by Crippen LogP contribution is -2.43. The van der Waals surface area contributed by atoms with Gasteiger partial charge in [-0.2, -0.15) is 0 Å². The van der Waals surface area contributed by atoms with Gasteiger partial charge in [0.1, 0.15) is 12.4 Å². The fraction of sp³-hybridized carbons (Fsp3) is 0.304. The lowest BCUT2D eigenvalue weighted by molar-refractivity contribution is -0.384. The average Bonchev–Trinajstić information content (AvgIpc) is 2.85. The van der Waals surface area contributed by atoms with Gasteiger partial charge in [-0.15, -0.1) is 0 Å². The molecule has 11 heteroatoms. The lowest BCUT2D eigenvalue weighted by Gasteiger charge is -2.30. The predicted molar refractivity (Wildman–Crippen MR) is 123 cm³/mol. The van der Waals surface area contributed by atoms with Gasteiger partial charge in [0, 0.05) is 44.9 Å². The van der Waals surface area contributed by atoms with E-state index in [9.17, 15) is 29.2 Å². The summed E-state index contributed by atoms with van der Waals surface area (Å²) in [7, 11) is 0. The maximum atomic E-state index is 14.9. The molecule has 2 heterocycles. The van der Waals surface area contributed by atoms with Crippen molar-refractivity contribution in [2.24, 2.45) is 0 Å². The van der Waals surface area contributed by atoms with Crippen LogP contribution in [0.5, 0.6) is 5.75 Å². The fourth-order valence-electron chi connectivity index (χ4n) is 4.05. The number of fused-ring (bicyclic) bond motifs is 1. The van der Waals surface area contributed by atoms with Gasteiger partial charge in [0.2, 0.25) is 5.43 Å². The van der Waals surface area contributed by atoms with Gasteiger partial charge >= 0.3 is 5.97 Å². The molecule has 4 rings (SSSR count). The van der Waals surface area contributed by atoms with Crippen LogP contribution in [0.15, 0.2) is 41.2 Å². The van der Waals surface area contributed by atoms with Gasteiger partial charge in [0.15, 0.2) is 11.4 Å².